The molecular weight excluding hydrogens is 274 g/mol. The SMILES string of the molecule is COCCN(C)C(=O)Nc1ccccc1SC(F)F. The summed E-state index contributed by atoms with van der Waals surface area (Å²) in [5, 5.41) is 2.60. The number of rotatable bonds is 6. The lowest BCUT2D eigenvalue weighted by atomic mass is 10.3. The van der Waals surface area contributed by atoms with Gasteiger partial charge in [-0.25, -0.2) is 4.79 Å². The molecule has 19 heavy (non-hydrogen) atoms. The van der Waals surface area contributed by atoms with Gasteiger partial charge in [-0.2, -0.15) is 8.78 Å². The standard InChI is InChI=1S/C12H16F2N2O2S/c1-16(7-8-18-2)12(17)15-9-5-3-4-6-10(9)19-11(13)14/h3-6,11H,7-8H2,1-2H3,(H,15,17). The van der Waals surface area contributed by atoms with Gasteiger partial charge in [-0.15, -0.1) is 0 Å². The summed E-state index contributed by atoms with van der Waals surface area (Å²) in [5.74, 6) is -2.52. The molecule has 1 aromatic carbocycles. The monoisotopic (exact) mass is 290 g/mol. The second-order valence-electron chi connectivity index (χ2n) is 3.72. The minimum atomic E-state index is -2.52. The molecule has 0 spiro atoms. The molecule has 2 amide bonds. The highest BCUT2D eigenvalue weighted by molar-refractivity contribution is 7.99. The molecule has 1 rings (SSSR count). The summed E-state index contributed by atoms with van der Waals surface area (Å²) in [6.07, 6.45) is 0. The topological polar surface area (TPSA) is 41.6 Å². The number of benzene rings is 1. The Kier molecular flexibility index (Phi) is 6.58. The number of alkyl halides is 2. The lowest BCUT2D eigenvalue weighted by Crippen LogP contribution is -2.33. The van der Waals surface area contributed by atoms with Crippen molar-refractivity contribution in [3.8, 4) is 0 Å². The van der Waals surface area contributed by atoms with Gasteiger partial charge in [0.1, 0.15) is 0 Å². The average Bonchev–Trinajstić information content (AvgIpc) is 2.37. The normalized spacial score (nSPS) is 10.6. The average molecular weight is 290 g/mol. The van der Waals surface area contributed by atoms with Crippen LogP contribution in [-0.4, -0.2) is 44.0 Å². The predicted molar refractivity (Wildman–Crippen MR) is 71.8 cm³/mol. The van der Waals surface area contributed by atoms with Gasteiger partial charge < -0.3 is 15.0 Å². The summed E-state index contributed by atoms with van der Waals surface area (Å²) in [5.41, 5.74) is 0.377. The van der Waals surface area contributed by atoms with Gasteiger partial charge in [-0.3, -0.25) is 0 Å². The zero-order valence-electron chi connectivity index (χ0n) is 10.7. The predicted octanol–water partition coefficient (Wildman–Crippen LogP) is 3.11. The number of halogens is 2. The van der Waals surface area contributed by atoms with Crippen LogP contribution in [0.3, 0.4) is 0 Å². The van der Waals surface area contributed by atoms with Gasteiger partial charge in [0, 0.05) is 25.6 Å². The van der Waals surface area contributed by atoms with Crippen molar-refractivity contribution in [2.45, 2.75) is 10.7 Å². The maximum Gasteiger partial charge on any atom is 0.321 e. The summed E-state index contributed by atoms with van der Waals surface area (Å²) in [6, 6.07) is 6.10. The van der Waals surface area contributed by atoms with Gasteiger partial charge in [0.05, 0.1) is 12.3 Å². The van der Waals surface area contributed by atoms with Gasteiger partial charge in [0.2, 0.25) is 0 Å². The van der Waals surface area contributed by atoms with Crippen molar-refractivity contribution in [1.29, 1.82) is 0 Å². The number of nitrogens with zero attached hydrogens (tertiary/aromatic N) is 1. The number of likely N-dealkylation sites (N-methyl/N-ethyl adjacent to an activating group) is 1. The van der Waals surface area contributed by atoms with E-state index >= 15 is 0 Å². The van der Waals surface area contributed by atoms with Crippen molar-refractivity contribution in [3.05, 3.63) is 24.3 Å². The summed E-state index contributed by atoms with van der Waals surface area (Å²) >= 11 is 0.405. The van der Waals surface area contributed by atoms with Gasteiger partial charge in [0.25, 0.3) is 5.76 Å². The number of urea groups is 1. The van der Waals surface area contributed by atoms with E-state index in [2.05, 4.69) is 5.32 Å². The van der Waals surface area contributed by atoms with E-state index in [9.17, 15) is 13.6 Å². The lowest BCUT2D eigenvalue weighted by molar-refractivity contribution is 0.165. The Morgan fingerprint density at radius 3 is 2.79 bits per heavy atom. The number of amides is 2. The lowest BCUT2D eigenvalue weighted by Gasteiger charge is -2.18. The highest BCUT2D eigenvalue weighted by Crippen LogP contribution is 2.31. The van der Waals surface area contributed by atoms with Crippen LogP contribution in [0.15, 0.2) is 29.2 Å². The zero-order valence-corrected chi connectivity index (χ0v) is 11.5. The summed E-state index contributed by atoms with van der Waals surface area (Å²) in [4.78, 5) is 13.6. The minimum Gasteiger partial charge on any atom is -0.383 e. The Bertz CT molecular complexity index is 418. The molecule has 1 N–H and O–H groups in total. The Morgan fingerprint density at radius 2 is 2.16 bits per heavy atom. The Hall–Kier alpha value is -1.34. The van der Waals surface area contributed by atoms with E-state index in [1.807, 2.05) is 0 Å². The summed E-state index contributed by atoms with van der Waals surface area (Å²) in [7, 11) is 3.15. The Morgan fingerprint density at radius 1 is 1.47 bits per heavy atom. The van der Waals surface area contributed by atoms with Crippen LogP contribution in [0.2, 0.25) is 0 Å². The van der Waals surface area contributed by atoms with Crippen molar-refractivity contribution >= 4 is 23.5 Å². The quantitative estimate of drug-likeness (QED) is 0.818. The molecule has 4 nitrogen and oxygen atoms in total. The highest BCUT2D eigenvalue weighted by Gasteiger charge is 2.13. The van der Waals surface area contributed by atoms with Crippen LogP contribution < -0.4 is 5.32 Å². The first-order valence-corrected chi connectivity index (χ1v) is 6.47. The van der Waals surface area contributed by atoms with E-state index < -0.39 is 5.76 Å². The third kappa shape index (κ3) is 5.44. The molecule has 0 atom stereocenters. The maximum absolute atomic E-state index is 12.4. The molecule has 0 radical (unpaired) electrons. The molecule has 0 aromatic heterocycles. The fourth-order valence-electron chi connectivity index (χ4n) is 1.31. The van der Waals surface area contributed by atoms with E-state index in [1.54, 1.807) is 38.4 Å². The number of carbonyl (C=O) groups is 1. The molecule has 0 bridgehead atoms. The number of ether oxygens (including phenoxy) is 1. The maximum atomic E-state index is 12.4. The molecule has 1 aromatic rings. The van der Waals surface area contributed by atoms with Crippen LogP contribution in [0, 0.1) is 0 Å². The molecule has 0 heterocycles. The second-order valence-corrected chi connectivity index (χ2v) is 4.75. The molecule has 0 aliphatic carbocycles. The van der Waals surface area contributed by atoms with Crippen LogP contribution in [0.1, 0.15) is 0 Å². The number of hydrogen-bond donors (Lipinski definition) is 1. The van der Waals surface area contributed by atoms with Crippen molar-refractivity contribution < 1.29 is 18.3 Å². The molecule has 0 fully saturated rings. The number of thioether (sulfide) groups is 1. The van der Waals surface area contributed by atoms with Crippen molar-refractivity contribution in [3.63, 3.8) is 0 Å². The third-order valence-electron chi connectivity index (χ3n) is 2.32. The fraction of sp³-hybridized carbons (Fsp3) is 0.417. The van der Waals surface area contributed by atoms with Crippen LogP contribution in [0.4, 0.5) is 19.3 Å². The summed E-state index contributed by atoms with van der Waals surface area (Å²) < 4.78 is 29.6. The first-order chi connectivity index (χ1) is 9.04. The molecule has 0 aliphatic heterocycles. The molecular formula is C12H16F2N2O2S. The second kappa shape index (κ2) is 7.96. The molecule has 0 aliphatic rings. The first-order valence-electron chi connectivity index (χ1n) is 5.59. The van der Waals surface area contributed by atoms with Crippen LogP contribution in [0.25, 0.3) is 0 Å². The molecule has 0 unspecified atom stereocenters. The number of carbonyl (C=O) groups excluding carboxylic acids is 1. The zero-order chi connectivity index (χ0) is 14.3. The van der Waals surface area contributed by atoms with Gasteiger partial charge in [-0.1, -0.05) is 23.9 Å². The highest BCUT2D eigenvalue weighted by atomic mass is 32.2. The van der Waals surface area contributed by atoms with Gasteiger partial charge in [0.15, 0.2) is 0 Å². The Labute approximate surface area is 115 Å². The van der Waals surface area contributed by atoms with E-state index in [-0.39, 0.29) is 6.03 Å². The fourth-order valence-corrected chi connectivity index (χ4v) is 1.90. The number of anilines is 1. The van der Waals surface area contributed by atoms with Crippen LogP contribution in [0.5, 0.6) is 0 Å². The molecule has 7 heteroatoms. The smallest absolute Gasteiger partial charge is 0.321 e. The van der Waals surface area contributed by atoms with Crippen LogP contribution >= 0.6 is 11.8 Å². The van der Waals surface area contributed by atoms with Crippen molar-refractivity contribution in [1.82, 2.24) is 4.90 Å². The minimum absolute atomic E-state index is 0.339. The van der Waals surface area contributed by atoms with E-state index in [4.69, 9.17) is 4.74 Å². The summed E-state index contributed by atoms with van der Waals surface area (Å²) in [6.45, 7) is 0.837. The number of nitrogens with one attached hydrogen (secondary N) is 1. The van der Waals surface area contributed by atoms with E-state index in [0.717, 1.165) is 0 Å². The number of para-hydroxylation sites is 1. The third-order valence-corrected chi connectivity index (χ3v) is 3.11. The van der Waals surface area contributed by atoms with Crippen molar-refractivity contribution in [2.24, 2.45) is 0 Å². The largest absolute Gasteiger partial charge is 0.383 e. The number of hydrogen-bond acceptors (Lipinski definition) is 3. The molecule has 0 saturated heterocycles. The van der Waals surface area contributed by atoms with E-state index in [1.165, 1.54) is 4.90 Å². The van der Waals surface area contributed by atoms with Crippen LogP contribution in [-0.2, 0) is 4.74 Å². The first kappa shape index (κ1) is 15.7. The Balaban J connectivity index is 2.68. The van der Waals surface area contributed by atoms with Crippen molar-refractivity contribution in [2.75, 3.05) is 32.6 Å². The van der Waals surface area contributed by atoms with E-state index in [0.29, 0.717) is 35.5 Å². The number of methoxy groups -OCH3 is 1. The van der Waals surface area contributed by atoms with Gasteiger partial charge in [-0.05, 0) is 12.1 Å². The molecule has 0 saturated carbocycles. The molecule has 106 valence electrons. The van der Waals surface area contributed by atoms with Gasteiger partial charge >= 0.3 is 6.03 Å².